The molecule has 1 aromatic heterocycles. The molecule has 1 aromatic carbocycles. The molecule has 2 aromatic rings. The van der Waals surface area contributed by atoms with Gasteiger partial charge >= 0.3 is 0 Å². The Kier molecular flexibility index (Phi) is 4.24. The second-order valence-electron chi connectivity index (χ2n) is 3.65. The molecule has 0 aliphatic heterocycles. The average molecular weight is 297 g/mol. The van der Waals surface area contributed by atoms with Crippen LogP contribution in [0.15, 0.2) is 36.4 Å². The quantitative estimate of drug-likeness (QED) is 0.880. The minimum absolute atomic E-state index is 0.0805. The number of halogens is 2. The van der Waals surface area contributed by atoms with E-state index in [2.05, 4.69) is 10.3 Å². The van der Waals surface area contributed by atoms with Crippen molar-refractivity contribution in [2.24, 2.45) is 0 Å². The molecule has 98 valence electrons. The lowest BCUT2D eigenvalue weighted by molar-refractivity contribution is 0.102. The van der Waals surface area contributed by atoms with E-state index in [1.807, 2.05) is 0 Å². The van der Waals surface area contributed by atoms with Crippen molar-refractivity contribution < 1.29 is 9.53 Å². The largest absolute Gasteiger partial charge is 0.497 e. The number of hydrogen-bond donors (Lipinski definition) is 1. The zero-order valence-corrected chi connectivity index (χ0v) is 11.5. The van der Waals surface area contributed by atoms with Crippen LogP contribution in [0.4, 0.5) is 5.69 Å². The van der Waals surface area contributed by atoms with Crippen molar-refractivity contribution in [1.29, 1.82) is 0 Å². The lowest BCUT2D eigenvalue weighted by Gasteiger charge is -2.07. The number of carbonyl (C=O) groups is 1. The number of aromatic nitrogens is 1. The van der Waals surface area contributed by atoms with E-state index in [1.54, 1.807) is 31.4 Å². The fourth-order valence-corrected chi connectivity index (χ4v) is 1.81. The average Bonchev–Trinajstić information content (AvgIpc) is 2.41. The molecule has 19 heavy (non-hydrogen) atoms. The van der Waals surface area contributed by atoms with Gasteiger partial charge in [-0.25, -0.2) is 4.98 Å². The third kappa shape index (κ3) is 3.36. The lowest BCUT2D eigenvalue weighted by Crippen LogP contribution is -2.14. The summed E-state index contributed by atoms with van der Waals surface area (Å²) in [5.41, 5.74) is 0.666. The highest BCUT2D eigenvalue weighted by atomic mass is 35.5. The Labute approximate surface area is 120 Å². The molecular formula is C13H10Cl2N2O2. The molecule has 1 amide bonds. The highest BCUT2D eigenvalue weighted by molar-refractivity contribution is 6.35. The maximum absolute atomic E-state index is 12.0. The van der Waals surface area contributed by atoms with Gasteiger partial charge in [0.1, 0.15) is 16.6 Å². The second-order valence-corrected chi connectivity index (χ2v) is 4.44. The first-order chi connectivity index (χ1) is 9.10. The smallest absolute Gasteiger partial charge is 0.275 e. The molecule has 1 heterocycles. The SMILES string of the molecule is COc1cccc(NC(=O)c2nc(Cl)ccc2Cl)c1. The first-order valence-corrected chi connectivity index (χ1v) is 6.13. The molecule has 0 radical (unpaired) electrons. The molecule has 2 rings (SSSR count). The van der Waals surface area contributed by atoms with Crippen LogP contribution in [0.1, 0.15) is 10.5 Å². The number of hydrogen-bond acceptors (Lipinski definition) is 3. The van der Waals surface area contributed by atoms with E-state index in [0.29, 0.717) is 11.4 Å². The molecule has 0 atom stereocenters. The van der Waals surface area contributed by atoms with Gasteiger partial charge in [0, 0.05) is 11.8 Å². The van der Waals surface area contributed by atoms with Gasteiger partial charge in [0.15, 0.2) is 0 Å². The number of ether oxygens (including phenoxy) is 1. The zero-order chi connectivity index (χ0) is 13.8. The zero-order valence-electron chi connectivity index (χ0n) is 9.98. The minimum Gasteiger partial charge on any atom is -0.497 e. The predicted molar refractivity (Wildman–Crippen MR) is 75.2 cm³/mol. The summed E-state index contributed by atoms with van der Waals surface area (Å²) in [6, 6.07) is 10.0. The lowest BCUT2D eigenvalue weighted by atomic mass is 10.2. The Bertz CT molecular complexity index is 617. The fraction of sp³-hybridized carbons (Fsp3) is 0.0769. The molecular weight excluding hydrogens is 287 g/mol. The number of pyridine rings is 1. The number of nitrogens with zero attached hydrogens (tertiary/aromatic N) is 1. The number of methoxy groups -OCH3 is 1. The van der Waals surface area contributed by atoms with E-state index in [0.717, 1.165) is 0 Å². The molecule has 0 aliphatic carbocycles. The predicted octanol–water partition coefficient (Wildman–Crippen LogP) is 3.65. The second kappa shape index (κ2) is 5.91. The van der Waals surface area contributed by atoms with Crippen LogP contribution in [0, 0.1) is 0 Å². The van der Waals surface area contributed by atoms with Gasteiger partial charge in [0.2, 0.25) is 0 Å². The van der Waals surface area contributed by atoms with Gasteiger partial charge in [-0.15, -0.1) is 0 Å². The van der Waals surface area contributed by atoms with Crippen LogP contribution in [0.5, 0.6) is 5.75 Å². The summed E-state index contributed by atoms with van der Waals surface area (Å²) in [6.45, 7) is 0. The number of benzene rings is 1. The molecule has 1 N–H and O–H groups in total. The number of nitrogens with one attached hydrogen (secondary N) is 1. The Morgan fingerprint density at radius 1 is 1.26 bits per heavy atom. The van der Waals surface area contributed by atoms with E-state index in [4.69, 9.17) is 27.9 Å². The fourth-order valence-electron chi connectivity index (χ4n) is 1.47. The van der Waals surface area contributed by atoms with Gasteiger partial charge in [-0.1, -0.05) is 29.3 Å². The van der Waals surface area contributed by atoms with Crippen LogP contribution < -0.4 is 10.1 Å². The van der Waals surface area contributed by atoms with Crippen molar-refractivity contribution in [3.05, 3.63) is 52.3 Å². The molecule has 0 saturated carbocycles. The maximum atomic E-state index is 12.0. The molecule has 0 spiro atoms. The number of rotatable bonds is 3. The molecule has 6 heteroatoms. The van der Waals surface area contributed by atoms with Crippen molar-refractivity contribution in [2.45, 2.75) is 0 Å². The van der Waals surface area contributed by atoms with Crippen molar-refractivity contribution in [3.8, 4) is 5.75 Å². The highest BCUT2D eigenvalue weighted by Gasteiger charge is 2.13. The first kappa shape index (κ1) is 13.6. The normalized spacial score (nSPS) is 10.1. The van der Waals surface area contributed by atoms with Gasteiger partial charge in [-0.2, -0.15) is 0 Å². The van der Waals surface area contributed by atoms with Crippen molar-refractivity contribution in [2.75, 3.05) is 12.4 Å². The van der Waals surface area contributed by atoms with Crippen molar-refractivity contribution in [3.63, 3.8) is 0 Å². The summed E-state index contributed by atoms with van der Waals surface area (Å²) in [5, 5.41) is 3.13. The van der Waals surface area contributed by atoms with Crippen molar-refractivity contribution >= 4 is 34.8 Å². The molecule has 0 bridgehead atoms. The van der Waals surface area contributed by atoms with Gasteiger partial charge < -0.3 is 10.1 Å². The summed E-state index contributed by atoms with van der Waals surface area (Å²) in [7, 11) is 1.55. The van der Waals surface area contributed by atoms with Crippen LogP contribution >= 0.6 is 23.2 Å². The summed E-state index contributed by atoms with van der Waals surface area (Å²) < 4.78 is 5.07. The van der Waals surface area contributed by atoms with Crippen molar-refractivity contribution in [1.82, 2.24) is 4.98 Å². The van der Waals surface area contributed by atoms with Crippen LogP contribution in [-0.4, -0.2) is 18.0 Å². The summed E-state index contributed by atoms with van der Waals surface area (Å²) >= 11 is 11.7. The summed E-state index contributed by atoms with van der Waals surface area (Å²) in [6.07, 6.45) is 0. The standard InChI is InChI=1S/C13H10Cl2N2O2/c1-19-9-4-2-3-8(7-9)16-13(18)12-10(14)5-6-11(15)17-12/h2-7H,1H3,(H,16,18). The van der Waals surface area contributed by atoms with Gasteiger partial charge in [0.25, 0.3) is 5.91 Å². The Hall–Kier alpha value is -1.78. The van der Waals surface area contributed by atoms with E-state index in [-0.39, 0.29) is 15.9 Å². The summed E-state index contributed by atoms with van der Waals surface area (Å²) in [4.78, 5) is 15.9. The maximum Gasteiger partial charge on any atom is 0.275 e. The van der Waals surface area contributed by atoms with Gasteiger partial charge in [-0.05, 0) is 24.3 Å². The van der Waals surface area contributed by atoms with Crippen LogP contribution in [0.3, 0.4) is 0 Å². The molecule has 4 nitrogen and oxygen atoms in total. The van der Waals surface area contributed by atoms with E-state index in [1.165, 1.54) is 12.1 Å². The van der Waals surface area contributed by atoms with Gasteiger partial charge in [-0.3, -0.25) is 4.79 Å². The van der Waals surface area contributed by atoms with Crippen LogP contribution in [0.25, 0.3) is 0 Å². The number of carbonyl (C=O) groups excluding carboxylic acids is 1. The molecule has 0 fully saturated rings. The van der Waals surface area contributed by atoms with Crippen LogP contribution in [0.2, 0.25) is 10.2 Å². The topological polar surface area (TPSA) is 51.2 Å². The highest BCUT2D eigenvalue weighted by Crippen LogP contribution is 2.20. The number of anilines is 1. The van der Waals surface area contributed by atoms with Gasteiger partial charge in [0.05, 0.1) is 12.1 Å². The third-order valence-electron chi connectivity index (χ3n) is 2.35. The molecule has 0 aliphatic rings. The Balaban J connectivity index is 2.23. The number of amides is 1. The monoisotopic (exact) mass is 296 g/mol. The third-order valence-corrected chi connectivity index (χ3v) is 2.87. The Morgan fingerprint density at radius 2 is 2.05 bits per heavy atom. The molecule has 0 saturated heterocycles. The van der Waals surface area contributed by atoms with Crippen LogP contribution in [-0.2, 0) is 0 Å². The minimum atomic E-state index is -0.430. The van der Waals surface area contributed by atoms with E-state index < -0.39 is 5.91 Å². The van der Waals surface area contributed by atoms with E-state index >= 15 is 0 Å². The first-order valence-electron chi connectivity index (χ1n) is 5.37. The summed E-state index contributed by atoms with van der Waals surface area (Å²) in [5.74, 6) is 0.212. The van der Waals surface area contributed by atoms with E-state index in [9.17, 15) is 4.79 Å². The Morgan fingerprint density at radius 3 is 2.79 bits per heavy atom. The molecule has 0 unspecified atom stereocenters.